The molecular weight excluding hydrogens is 647 g/mol. The number of fused-ring (bicyclic) bond motifs is 1. The maximum absolute atomic E-state index is 11.9. The van der Waals surface area contributed by atoms with Gasteiger partial charge in [-0.2, -0.15) is 0 Å². The number of nitrogens with zero attached hydrogens (tertiary/aromatic N) is 3. The molecule has 0 unspecified atom stereocenters. The van der Waals surface area contributed by atoms with Crippen LogP contribution < -0.4 is 9.80 Å². The van der Waals surface area contributed by atoms with E-state index in [1.54, 1.807) is 13.8 Å². The summed E-state index contributed by atoms with van der Waals surface area (Å²) in [7, 11) is 0. The molecule has 0 amide bonds. The minimum Gasteiger partial charge on any atom is -0.460 e. The fourth-order valence-corrected chi connectivity index (χ4v) is 6.08. The Morgan fingerprint density at radius 2 is 1.08 bits per heavy atom. The fraction of sp³-hybridized carbons (Fsp3) is 0.222. The van der Waals surface area contributed by atoms with Gasteiger partial charge in [-0.3, -0.25) is 0 Å². The summed E-state index contributed by atoms with van der Waals surface area (Å²) in [5.74, 6) is -0.750. The number of hydrogen-bond donors (Lipinski definition) is 0. The average Bonchev–Trinajstić information content (AvgIpc) is 3.17. The Bertz CT molecular complexity index is 1900. The summed E-state index contributed by atoms with van der Waals surface area (Å²) < 4.78 is 10.8. The molecule has 4 aromatic rings. The second-order valence-electron chi connectivity index (χ2n) is 12.6. The van der Waals surface area contributed by atoms with Gasteiger partial charge in [0.25, 0.3) is 0 Å². The van der Waals surface area contributed by atoms with Crippen LogP contribution in [0.2, 0.25) is 0 Å². The van der Waals surface area contributed by atoms with Crippen molar-refractivity contribution in [3.8, 4) is 0 Å². The number of esters is 2. The molecule has 0 aromatic heterocycles. The number of ether oxygens (including phenoxy) is 2. The fourth-order valence-electron chi connectivity index (χ4n) is 6.08. The number of rotatable bonds is 15. The predicted molar refractivity (Wildman–Crippen MR) is 214 cm³/mol. The molecule has 0 aliphatic heterocycles. The van der Waals surface area contributed by atoms with Crippen molar-refractivity contribution in [2.24, 2.45) is 4.99 Å². The highest BCUT2D eigenvalue weighted by Gasteiger charge is 2.21. The van der Waals surface area contributed by atoms with Crippen LogP contribution in [0.15, 0.2) is 145 Å². The van der Waals surface area contributed by atoms with Crippen molar-refractivity contribution in [3.63, 3.8) is 0 Å². The van der Waals surface area contributed by atoms with E-state index in [1.807, 2.05) is 30.3 Å². The van der Waals surface area contributed by atoms with Crippen LogP contribution in [0.5, 0.6) is 0 Å². The van der Waals surface area contributed by atoms with Crippen LogP contribution in [0, 0.1) is 0 Å². The first-order valence-corrected chi connectivity index (χ1v) is 17.7. The summed E-state index contributed by atoms with van der Waals surface area (Å²) >= 11 is 0. The van der Waals surface area contributed by atoms with Gasteiger partial charge < -0.3 is 19.3 Å². The van der Waals surface area contributed by atoms with E-state index in [9.17, 15) is 9.59 Å². The van der Waals surface area contributed by atoms with Gasteiger partial charge in [-0.15, -0.1) is 0 Å². The van der Waals surface area contributed by atoms with Crippen LogP contribution in [-0.2, 0) is 19.1 Å². The summed E-state index contributed by atoms with van der Waals surface area (Å²) in [6.07, 6.45) is 4.27. The molecule has 266 valence electrons. The lowest BCUT2D eigenvalue weighted by Crippen LogP contribution is -2.28. The van der Waals surface area contributed by atoms with Crippen LogP contribution >= 0.6 is 0 Å². The predicted octanol–water partition coefficient (Wildman–Crippen LogP) is 9.23. The van der Waals surface area contributed by atoms with Gasteiger partial charge in [0.15, 0.2) is 0 Å². The van der Waals surface area contributed by atoms with Gasteiger partial charge in [0.1, 0.15) is 13.2 Å². The highest BCUT2D eigenvalue weighted by Crippen LogP contribution is 2.38. The third kappa shape index (κ3) is 9.23. The van der Waals surface area contributed by atoms with Crippen LogP contribution in [0.25, 0.3) is 11.1 Å². The number of hydrogen-bond acceptors (Lipinski definition) is 7. The van der Waals surface area contributed by atoms with Crippen molar-refractivity contribution in [2.45, 2.75) is 27.7 Å². The van der Waals surface area contributed by atoms with Gasteiger partial charge in [-0.25, -0.2) is 14.6 Å². The molecule has 4 aromatic carbocycles. The first kappa shape index (κ1) is 37.3. The van der Waals surface area contributed by atoms with E-state index in [2.05, 4.69) is 122 Å². The van der Waals surface area contributed by atoms with Gasteiger partial charge in [0.2, 0.25) is 0 Å². The van der Waals surface area contributed by atoms with E-state index >= 15 is 0 Å². The molecule has 0 saturated carbocycles. The molecule has 0 atom stereocenters. The zero-order valence-electron chi connectivity index (χ0n) is 30.6. The first-order valence-electron chi connectivity index (χ1n) is 17.7. The van der Waals surface area contributed by atoms with E-state index in [1.165, 1.54) is 0 Å². The van der Waals surface area contributed by atoms with Crippen molar-refractivity contribution in [3.05, 3.63) is 162 Å². The number of benzene rings is 4. The zero-order valence-corrected chi connectivity index (χ0v) is 30.6. The lowest BCUT2D eigenvalue weighted by Gasteiger charge is -2.25. The number of anilines is 2. The Labute approximate surface area is 307 Å². The van der Waals surface area contributed by atoms with E-state index in [4.69, 9.17) is 14.5 Å². The molecular formula is C45H47N3O4. The van der Waals surface area contributed by atoms with E-state index in [-0.39, 0.29) is 25.2 Å². The summed E-state index contributed by atoms with van der Waals surface area (Å²) in [6, 6.07) is 35.6. The molecule has 0 heterocycles. The van der Waals surface area contributed by atoms with Gasteiger partial charge in [0, 0.05) is 41.2 Å². The standard InChI is InChI=1S/C45H47N3O4/c1-7-47(28-30-51-44(49)32(3)4)37-22-18-34(19-23-37)43(35-20-24-38(25-21-35)48(8-2)29-31-52-45(50)33(5)6)41-26-27-42(40-17-13-12-16-39(40)41)46-36-14-10-9-11-15-36/h9-27H,3,5,7-8,28-31H2,1-2,4,6H3. The van der Waals surface area contributed by atoms with E-state index in [0.29, 0.717) is 24.2 Å². The molecule has 7 nitrogen and oxygen atoms in total. The highest BCUT2D eigenvalue weighted by molar-refractivity contribution is 6.19. The van der Waals surface area contributed by atoms with Crippen molar-refractivity contribution in [1.82, 2.24) is 0 Å². The van der Waals surface area contributed by atoms with E-state index < -0.39 is 0 Å². The molecule has 0 N–H and O–H groups in total. The van der Waals surface area contributed by atoms with Crippen molar-refractivity contribution >= 4 is 45.9 Å². The Morgan fingerprint density at radius 3 is 1.54 bits per heavy atom. The topological polar surface area (TPSA) is 71.4 Å². The minimum atomic E-state index is -0.375. The molecule has 0 spiro atoms. The number of allylic oxidation sites excluding steroid dienone is 3. The second-order valence-corrected chi connectivity index (χ2v) is 12.6. The Morgan fingerprint density at radius 1 is 0.615 bits per heavy atom. The number of likely N-dealkylation sites (N-methyl/N-ethyl adjacent to an activating group) is 2. The molecule has 7 heteroatoms. The molecule has 0 fully saturated rings. The summed E-state index contributed by atoms with van der Waals surface area (Å²) in [5.41, 5.74) is 11.2. The Balaban J connectivity index is 1.53. The molecule has 0 radical (unpaired) electrons. The van der Waals surface area contributed by atoms with E-state index in [0.717, 1.165) is 69.3 Å². The first-order chi connectivity index (χ1) is 25.2. The monoisotopic (exact) mass is 693 g/mol. The minimum absolute atomic E-state index is 0.280. The summed E-state index contributed by atoms with van der Waals surface area (Å²) in [5, 5.41) is 0. The molecule has 52 heavy (non-hydrogen) atoms. The lowest BCUT2D eigenvalue weighted by atomic mass is 9.83. The SMILES string of the molecule is C=C(C)C(=O)OCCN(CC)c1ccc(C(=C2C=CC(=Nc3ccccc3)c3ccccc32)c2ccc(N(CC)CCOC(=O)C(=C)C)cc2)cc1. The maximum atomic E-state index is 11.9. The Hall–Kier alpha value is -5.95. The molecule has 0 bridgehead atoms. The normalized spacial score (nSPS) is 12.5. The lowest BCUT2D eigenvalue weighted by molar-refractivity contribution is -0.139. The molecule has 5 rings (SSSR count). The molecule has 1 aliphatic rings. The largest absolute Gasteiger partial charge is 0.460 e. The van der Waals surface area contributed by atoms with Gasteiger partial charge in [-0.1, -0.05) is 86.0 Å². The number of aliphatic imine (C=N–C) groups is 1. The second kappa shape index (κ2) is 17.8. The van der Waals surface area contributed by atoms with Gasteiger partial charge >= 0.3 is 11.9 Å². The third-order valence-electron chi connectivity index (χ3n) is 8.87. The number of carbonyl (C=O) groups excluding carboxylic acids is 2. The van der Waals surface area contributed by atoms with Crippen LogP contribution in [0.4, 0.5) is 17.1 Å². The highest BCUT2D eigenvalue weighted by atomic mass is 16.5. The van der Waals surface area contributed by atoms with Crippen LogP contribution in [0.3, 0.4) is 0 Å². The average molecular weight is 694 g/mol. The third-order valence-corrected chi connectivity index (χ3v) is 8.87. The number of para-hydroxylation sites is 1. The summed E-state index contributed by atoms with van der Waals surface area (Å²) in [6.45, 7) is 18.1. The quantitative estimate of drug-likeness (QED) is 0.0914. The van der Waals surface area contributed by atoms with Crippen molar-refractivity contribution in [1.29, 1.82) is 0 Å². The van der Waals surface area contributed by atoms with Gasteiger partial charge in [0.05, 0.1) is 24.5 Å². The summed E-state index contributed by atoms with van der Waals surface area (Å²) in [4.78, 5) is 33.2. The van der Waals surface area contributed by atoms with Crippen molar-refractivity contribution in [2.75, 3.05) is 49.2 Å². The molecule has 0 saturated heterocycles. The van der Waals surface area contributed by atoms with Crippen molar-refractivity contribution < 1.29 is 19.1 Å². The van der Waals surface area contributed by atoms with Gasteiger partial charge in [-0.05, 0) is 98.0 Å². The Kier molecular flexibility index (Phi) is 12.8. The number of carbonyl (C=O) groups is 2. The van der Waals surface area contributed by atoms with Crippen LogP contribution in [-0.4, -0.2) is 57.0 Å². The van der Waals surface area contributed by atoms with Crippen LogP contribution in [0.1, 0.15) is 49.9 Å². The smallest absolute Gasteiger partial charge is 0.333 e. The zero-order chi connectivity index (χ0) is 37.0. The maximum Gasteiger partial charge on any atom is 0.333 e. The molecule has 1 aliphatic carbocycles.